The van der Waals surface area contributed by atoms with E-state index in [9.17, 15) is 4.79 Å². The lowest BCUT2D eigenvalue weighted by molar-refractivity contribution is -0.167. The van der Waals surface area contributed by atoms with Crippen molar-refractivity contribution in [2.75, 3.05) is 0 Å². The van der Waals surface area contributed by atoms with Crippen LogP contribution in [0.5, 0.6) is 0 Å². The third-order valence-corrected chi connectivity index (χ3v) is 15.2. The summed E-state index contributed by atoms with van der Waals surface area (Å²) in [5, 5.41) is 0. The highest BCUT2D eigenvalue weighted by atomic mass is 16.5. The van der Waals surface area contributed by atoms with E-state index in [2.05, 4.69) is 48.5 Å². The van der Waals surface area contributed by atoms with E-state index in [4.69, 9.17) is 4.74 Å². The number of unbranched alkanes of at least 4 members (excludes halogenated alkanes) is 10. The van der Waals surface area contributed by atoms with Crippen molar-refractivity contribution < 1.29 is 9.53 Å². The topological polar surface area (TPSA) is 26.3 Å². The molecule has 0 amide bonds. The Labute approximate surface area is 294 Å². The lowest BCUT2D eigenvalue weighted by Gasteiger charge is -2.61. The van der Waals surface area contributed by atoms with Crippen LogP contribution in [-0.4, -0.2) is 12.1 Å². The largest absolute Gasteiger partial charge is 0.462 e. The minimum absolute atomic E-state index is 0.135. The summed E-state index contributed by atoms with van der Waals surface area (Å²) >= 11 is 0. The van der Waals surface area contributed by atoms with Crippen LogP contribution in [0.15, 0.2) is 0 Å². The molecule has 0 radical (unpaired) electrons. The fourth-order valence-electron chi connectivity index (χ4n) is 12.3. The van der Waals surface area contributed by atoms with Crippen LogP contribution in [0.25, 0.3) is 0 Å². The molecule has 2 nitrogen and oxygen atoms in total. The smallest absolute Gasteiger partial charge is 0.309 e. The molecule has 0 aromatic heterocycles. The average Bonchev–Trinajstić information content (AvgIpc) is 3.40. The molecule has 47 heavy (non-hydrogen) atoms. The van der Waals surface area contributed by atoms with Crippen LogP contribution in [0.1, 0.15) is 215 Å². The number of hydrogen-bond donors (Lipinski definition) is 0. The number of fused-ring (bicyclic) bond motifs is 5. The summed E-state index contributed by atoms with van der Waals surface area (Å²) in [6.45, 7) is 17.4. The van der Waals surface area contributed by atoms with Gasteiger partial charge in [-0.05, 0) is 123 Å². The van der Waals surface area contributed by atoms with Crippen LogP contribution in [0.3, 0.4) is 0 Å². The molecule has 0 aliphatic heterocycles. The summed E-state index contributed by atoms with van der Waals surface area (Å²) in [7, 11) is 0. The number of hydrogen-bond acceptors (Lipinski definition) is 2. The number of ether oxygens (including phenoxy) is 1. The van der Waals surface area contributed by atoms with Crippen LogP contribution < -0.4 is 0 Å². The van der Waals surface area contributed by atoms with Crippen molar-refractivity contribution in [3.05, 3.63) is 0 Å². The van der Waals surface area contributed by atoms with Gasteiger partial charge in [-0.2, -0.15) is 0 Å². The lowest BCUT2D eigenvalue weighted by atomic mass is 9.44. The molecule has 0 saturated heterocycles. The molecule has 0 heterocycles. The molecule has 0 spiro atoms. The molecule has 0 aromatic rings. The van der Waals surface area contributed by atoms with E-state index in [-0.39, 0.29) is 18.0 Å². The minimum atomic E-state index is 0.135. The summed E-state index contributed by atoms with van der Waals surface area (Å²) in [6.07, 6.45) is 34.5. The second-order valence-electron chi connectivity index (χ2n) is 18.8. The Morgan fingerprint density at radius 3 is 1.87 bits per heavy atom. The van der Waals surface area contributed by atoms with Crippen molar-refractivity contribution in [1.29, 1.82) is 0 Å². The van der Waals surface area contributed by atoms with Crippen LogP contribution in [0, 0.1) is 58.2 Å². The second kappa shape index (κ2) is 19.2. The van der Waals surface area contributed by atoms with Gasteiger partial charge >= 0.3 is 5.97 Å². The third-order valence-electron chi connectivity index (χ3n) is 15.2. The number of carbonyl (C=O) groups excluding carboxylic acids is 1. The van der Waals surface area contributed by atoms with E-state index in [1.807, 2.05) is 0 Å². The maximum atomic E-state index is 13.7. The van der Waals surface area contributed by atoms with Crippen molar-refractivity contribution >= 4 is 5.97 Å². The molecule has 0 aromatic carbocycles. The third kappa shape index (κ3) is 10.3. The first kappa shape index (κ1) is 39.3. The van der Waals surface area contributed by atoms with E-state index >= 15 is 0 Å². The van der Waals surface area contributed by atoms with Gasteiger partial charge in [0.2, 0.25) is 0 Å². The van der Waals surface area contributed by atoms with Gasteiger partial charge in [0, 0.05) is 0 Å². The van der Waals surface area contributed by atoms with Gasteiger partial charge in [-0.15, -0.1) is 0 Å². The summed E-state index contributed by atoms with van der Waals surface area (Å²) in [4.78, 5) is 13.7. The van der Waals surface area contributed by atoms with Gasteiger partial charge < -0.3 is 4.74 Å². The van der Waals surface area contributed by atoms with Gasteiger partial charge in [0.15, 0.2) is 0 Å². The Morgan fingerprint density at radius 1 is 0.638 bits per heavy atom. The predicted octanol–water partition coefficient (Wildman–Crippen LogP) is 14.1. The standard InChI is InChI=1S/C45H82O2/c1-8-10-12-14-16-18-23-36(24-19-17-15-13-11-9-2)43(46)47-38-29-31-44(6)37(33-38)25-26-39-41-28-27-40(35(5)22-20-21-34(3)4)45(41,7)32-30-42(39)44/h34-42H,8-33H2,1-7H3/t35-,37+,38+,39+,40-,41+,42+,44+,45-/m1/s1. The highest BCUT2D eigenvalue weighted by molar-refractivity contribution is 5.72. The van der Waals surface area contributed by atoms with Gasteiger partial charge in [0.25, 0.3) is 0 Å². The van der Waals surface area contributed by atoms with E-state index in [1.54, 1.807) is 0 Å². The zero-order valence-electron chi connectivity index (χ0n) is 32.9. The Balaban J connectivity index is 1.29. The molecule has 4 rings (SSSR count). The van der Waals surface area contributed by atoms with E-state index in [1.165, 1.54) is 141 Å². The maximum absolute atomic E-state index is 13.7. The summed E-state index contributed by atoms with van der Waals surface area (Å²) < 4.78 is 6.51. The van der Waals surface area contributed by atoms with E-state index < -0.39 is 0 Å². The predicted molar refractivity (Wildman–Crippen MR) is 202 cm³/mol. The summed E-state index contributed by atoms with van der Waals surface area (Å²) in [6, 6.07) is 0. The molecule has 4 fully saturated rings. The first-order chi connectivity index (χ1) is 22.6. The van der Waals surface area contributed by atoms with Gasteiger partial charge in [-0.1, -0.05) is 145 Å². The zero-order chi connectivity index (χ0) is 33.9. The van der Waals surface area contributed by atoms with Crippen molar-refractivity contribution in [1.82, 2.24) is 0 Å². The first-order valence-electron chi connectivity index (χ1n) is 21.8. The van der Waals surface area contributed by atoms with Crippen LogP contribution in [-0.2, 0) is 9.53 Å². The van der Waals surface area contributed by atoms with Crippen molar-refractivity contribution in [2.24, 2.45) is 58.2 Å². The maximum Gasteiger partial charge on any atom is 0.309 e. The van der Waals surface area contributed by atoms with Crippen molar-refractivity contribution in [3.63, 3.8) is 0 Å². The molecule has 4 aliphatic rings. The molecular weight excluding hydrogens is 572 g/mol. The molecular formula is C45H82O2. The SMILES string of the molecule is CCCCCCCCC(CCCCCCCC)C(=O)O[C@H]1CC[C@@]2(C)[C@@H](CC[C@@H]3[C@@H]2CC[C@]2(C)[C@@H]([C@H](C)CCCC(C)C)CC[C@@H]32)C1. The highest BCUT2D eigenvalue weighted by Crippen LogP contribution is 2.68. The van der Waals surface area contributed by atoms with E-state index in [0.717, 1.165) is 67.1 Å². The molecule has 274 valence electrons. The minimum Gasteiger partial charge on any atom is -0.462 e. The molecule has 2 heteroatoms. The lowest BCUT2D eigenvalue weighted by Crippen LogP contribution is -2.54. The number of esters is 1. The first-order valence-corrected chi connectivity index (χ1v) is 21.8. The van der Waals surface area contributed by atoms with Gasteiger partial charge in [-0.3, -0.25) is 4.79 Å². The molecule has 4 aliphatic carbocycles. The van der Waals surface area contributed by atoms with Crippen LogP contribution >= 0.6 is 0 Å². The van der Waals surface area contributed by atoms with Crippen LogP contribution in [0.2, 0.25) is 0 Å². The Kier molecular flexibility index (Phi) is 16.0. The van der Waals surface area contributed by atoms with Crippen LogP contribution in [0.4, 0.5) is 0 Å². The number of carbonyl (C=O) groups is 1. The fraction of sp³-hybridized carbons (Fsp3) is 0.978. The Morgan fingerprint density at radius 2 is 1.23 bits per heavy atom. The van der Waals surface area contributed by atoms with Crippen molar-refractivity contribution in [3.8, 4) is 0 Å². The zero-order valence-corrected chi connectivity index (χ0v) is 32.9. The summed E-state index contributed by atoms with van der Waals surface area (Å²) in [5.74, 6) is 6.54. The second-order valence-corrected chi connectivity index (χ2v) is 18.8. The quantitative estimate of drug-likeness (QED) is 0.0909. The molecule has 0 bridgehead atoms. The molecule has 4 saturated carbocycles. The van der Waals surface area contributed by atoms with E-state index in [0.29, 0.717) is 10.8 Å². The molecule has 0 N–H and O–H groups in total. The van der Waals surface area contributed by atoms with Gasteiger partial charge in [0.05, 0.1) is 5.92 Å². The average molecular weight is 655 g/mol. The Bertz CT molecular complexity index is 878. The monoisotopic (exact) mass is 655 g/mol. The normalized spacial score (nSPS) is 34.2. The molecule has 9 atom stereocenters. The highest BCUT2D eigenvalue weighted by Gasteiger charge is 2.60. The van der Waals surface area contributed by atoms with Gasteiger partial charge in [0.1, 0.15) is 6.10 Å². The van der Waals surface area contributed by atoms with Gasteiger partial charge in [-0.25, -0.2) is 0 Å². The van der Waals surface area contributed by atoms with Crippen molar-refractivity contribution in [2.45, 2.75) is 222 Å². The molecule has 0 unspecified atom stereocenters. The summed E-state index contributed by atoms with van der Waals surface area (Å²) in [5.41, 5.74) is 1.04. The number of rotatable bonds is 21. The Hall–Kier alpha value is -0.530. The fourth-order valence-corrected chi connectivity index (χ4v) is 12.3.